The summed E-state index contributed by atoms with van der Waals surface area (Å²) in [6, 6.07) is 5.16. The van der Waals surface area contributed by atoms with Crippen molar-refractivity contribution in [2.24, 2.45) is 0 Å². The molecule has 1 aromatic carbocycles. The summed E-state index contributed by atoms with van der Waals surface area (Å²) in [5.74, 6) is 1.22. The Bertz CT molecular complexity index is 615. The zero-order valence-electron chi connectivity index (χ0n) is 13.3. The van der Waals surface area contributed by atoms with Crippen LogP contribution in [0.5, 0.6) is 11.5 Å². The molecule has 0 saturated carbocycles. The summed E-state index contributed by atoms with van der Waals surface area (Å²) in [6.45, 7) is 0. The molecule has 0 aromatic heterocycles. The van der Waals surface area contributed by atoms with Crippen LogP contribution in [0, 0.1) is 0 Å². The molecule has 5 nitrogen and oxygen atoms in total. The lowest BCUT2D eigenvalue weighted by Gasteiger charge is -2.31. The second kappa shape index (κ2) is 8.15. The van der Waals surface area contributed by atoms with Crippen molar-refractivity contribution in [2.45, 2.75) is 25.3 Å². The van der Waals surface area contributed by atoms with Crippen LogP contribution in [-0.2, 0) is 9.59 Å². The molecular weight excluding hydrogens is 362 g/mol. The summed E-state index contributed by atoms with van der Waals surface area (Å²) in [5.41, 5.74) is 0.854. The molecule has 0 fully saturated rings. The second-order valence-electron chi connectivity index (χ2n) is 5.21. The number of methoxy groups -OCH3 is 2. The molecular formula is C17H20BrNO4. The molecule has 2 rings (SSSR count). The first-order chi connectivity index (χ1) is 11.1. The van der Waals surface area contributed by atoms with Gasteiger partial charge in [0.2, 0.25) is 5.91 Å². The standard InChI is InChI=1S/C17H20BrNO4/c1-22-15-6-5-12(10-16(15)23-2)14-11-13(20)7-9-19(14)17(21)4-3-8-18/h5-7,9-10,14H,3-4,8,11H2,1-2H3. The van der Waals surface area contributed by atoms with Crippen molar-refractivity contribution in [1.82, 2.24) is 4.90 Å². The largest absolute Gasteiger partial charge is 0.493 e. The smallest absolute Gasteiger partial charge is 0.227 e. The Labute approximate surface area is 144 Å². The fourth-order valence-corrected chi connectivity index (χ4v) is 2.85. The highest BCUT2D eigenvalue weighted by atomic mass is 79.9. The van der Waals surface area contributed by atoms with Gasteiger partial charge in [-0.05, 0) is 30.2 Å². The molecule has 1 aliphatic heterocycles. The summed E-state index contributed by atoms with van der Waals surface area (Å²) >= 11 is 3.33. The van der Waals surface area contributed by atoms with E-state index < -0.39 is 0 Å². The van der Waals surface area contributed by atoms with E-state index in [0.29, 0.717) is 17.9 Å². The number of ether oxygens (including phenoxy) is 2. The molecule has 6 heteroatoms. The number of hydrogen-bond donors (Lipinski definition) is 0. The monoisotopic (exact) mass is 381 g/mol. The van der Waals surface area contributed by atoms with E-state index in [-0.39, 0.29) is 24.2 Å². The predicted molar refractivity (Wildman–Crippen MR) is 90.9 cm³/mol. The van der Waals surface area contributed by atoms with Crippen LogP contribution in [0.3, 0.4) is 0 Å². The fourth-order valence-electron chi connectivity index (χ4n) is 2.57. The van der Waals surface area contributed by atoms with Crippen molar-refractivity contribution in [1.29, 1.82) is 0 Å². The van der Waals surface area contributed by atoms with Gasteiger partial charge < -0.3 is 14.4 Å². The van der Waals surface area contributed by atoms with E-state index in [9.17, 15) is 9.59 Å². The van der Waals surface area contributed by atoms with Crippen LogP contribution in [0.1, 0.15) is 30.9 Å². The Kier molecular flexibility index (Phi) is 6.21. The second-order valence-corrected chi connectivity index (χ2v) is 6.00. The summed E-state index contributed by atoms with van der Waals surface area (Å²) in [7, 11) is 3.13. The molecule has 1 amide bonds. The summed E-state index contributed by atoms with van der Waals surface area (Å²) in [4.78, 5) is 25.9. The van der Waals surface area contributed by atoms with E-state index in [1.54, 1.807) is 31.4 Å². The Hall–Kier alpha value is -1.82. The van der Waals surface area contributed by atoms with E-state index in [4.69, 9.17) is 9.47 Å². The van der Waals surface area contributed by atoms with E-state index in [2.05, 4.69) is 15.9 Å². The lowest BCUT2D eigenvalue weighted by atomic mass is 9.96. The molecule has 0 bridgehead atoms. The fraction of sp³-hybridized carbons (Fsp3) is 0.412. The molecule has 1 aromatic rings. The molecule has 0 spiro atoms. The topological polar surface area (TPSA) is 55.8 Å². The van der Waals surface area contributed by atoms with Crippen LogP contribution in [0.2, 0.25) is 0 Å². The summed E-state index contributed by atoms with van der Waals surface area (Å²) in [5, 5.41) is 0.774. The van der Waals surface area contributed by atoms with Gasteiger partial charge in [0, 0.05) is 24.4 Å². The first-order valence-corrected chi connectivity index (χ1v) is 8.53. The maximum absolute atomic E-state index is 12.4. The number of carbonyl (C=O) groups is 2. The number of rotatable bonds is 6. The first kappa shape index (κ1) is 17.5. The quantitative estimate of drug-likeness (QED) is 0.709. The highest BCUT2D eigenvalue weighted by Crippen LogP contribution is 2.35. The number of alkyl halides is 1. The third kappa shape index (κ3) is 4.13. The first-order valence-electron chi connectivity index (χ1n) is 7.40. The van der Waals surface area contributed by atoms with Gasteiger partial charge in [-0.15, -0.1) is 0 Å². The summed E-state index contributed by atoms with van der Waals surface area (Å²) in [6.07, 6.45) is 4.52. The number of carbonyl (C=O) groups excluding carboxylic acids is 2. The van der Waals surface area contributed by atoms with E-state index in [1.807, 2.05) is 12.1 Å². The summed E-state index contributed by atoms with van der Waals surface area (Å²) < 4.78 is 10.6. The van der Waals surface area contributed by atoms with Crippen molar-refractivity contribution >= 4 is 27.6 Å². The molecule has 0 radical (unpaired) electrons. The van der Waals surface area contributed by atoms with Gasteiger partial charge in [0.25, 0.3) is 0 Å². The molecule has 0 N–H and O–H groups in total. The molecule has 1 atom stereocenters. The number of ketones is 1. The molecule has 0 aliphatic carbocycles. The van der Waals surface area contributed by atoms with Crippen molar-refractivity contribution < 1.29 is 19.1 Å². The Morgan fingerprint density at radius 3 is 2.70 bits per heavy atom. The lowest BCUT2D eigenvalue weighted by molar-refractivity contribution is -0.132. The highest BCUT2D eigenvalue weighted by molar-refractivity contribution is 9.09. The number of halogens is 1. The van der Waals surface area contributed by atoms with E-state index >= 15 is 0 Å². The number of amides is 1. The SMILES string of the molecule is COc1ccc(C2CC(=O)C=CN2C(=O)CCCBr)cc1OC. The third-order valence-corrected chi connectivity index (χ3v) is 4.32. The van der Waals surface area contributed by atoms with Crippen molar-refractivity contribution in [3.63, 3.8) is 0 Å². The van der Waals surface area contributed by atoms with Gasteiger partial charge >= 0.3 is 0 Å². The molecule has 23 heavy (non-hydrogen) atoms. The van der Waals surface area contributed by atoms with Crippen molar-refractivity contribution in [2.75, 3.05) is 19.5 Å². The van der Waals surface area contributed by atoms with E-state index in [1.165, 1.54) is 6.08 Å². The minimum absolute atomic E-state index is 0.00739. The zero-order valence-corrected chi connectivity index (χ0v) is 14.8. The van der Waals surface area contributed by atoms with Crippen LogP contribution in [0.25, 0.3) is 0 Å². The molecule has 124 valence electrons. The zero-order chi connectivity index (χ0) is 16.8. The van der Waals surface area contributed by atoms with E-state index in [0.717, 1.165) is 17.3 Å². The van der Waals surface area contributed by atoms with Crippen molar-refractivity contribution in [3.05, 3.63) is 36.0 Å². The van der Waals surface area contributed by atoms with Gasteiger partial charge in [0.05, 0.1) is 20.3 Å². The van der Waals surface area contributed by atoms with Crippen LogP contribution in [0.4, 0.5) is 0 Å². The highest BCUT2D eigenvalue weighted by Gasteiger charge is 2.28. The van der Waals surface area contributed by atoms with Gasteiger partial charge in [-0.3, -0.25) is 9.59 Å². The average Bonchev–Trinajstić information content (AvgIpc) is 2.58. The minimum Gasteiger partial charge on any atom is -0.493 e. The number of benzene rings is 1. The Morgan fingerprint density at radius 1 is 1.30 bits per heavy atom. The maximum atomic E-state index is 12.4. The van der Waals surface area contributed by atoms with Gasteiger partial charge in [-0.2, -0.15) is 0 Å². The number of nitrogens with zero attached hydrogens (tertiary/aromatic N) is 1. The van der Waals surface area contributed by atoms with Gasteiger partial charge in [0.1, 0.15) is 0 Å². The van der Waals surface area contributed by atoms with Crippen LogP contribution in [-0.4, -0.2) is 36.1 Å². The Morgan fingerprint density at radius 2 is 2.04 bits per heavy atom. The molecule has 0 saturated heterocycles. The number of hydrogen-bond acceptors (Lipinski definition) is 4. The molecule has 1 aliphatic rings. The average molecular weight is 382 g/mol. The van der Waals surface area contributed by atoms with Gasteiger partial charge in [-0.25, -0.2) is 0 Å². The molecule has 1 unspecified atom stereocenters. The molecule has 1 heterocycles. The van der Waals surface area contributed by atoms with Crippen molar-refractivity contribution in [3.8, 4) is 11.5 Å². The normalized spacial score (nSPS) is 17.3. The predicted octanol–water partition coefficient (Wildman–Crippen LogP) is 3.24. The number of allylic oxidation sites excluding steroid dienone is 1. The Balaban J connectivity index is 2.31. The van der Waals surface area contributed by atoms with Crippen LogP contribution in [0.15, 0.2) is 30.5 Å². The van der Waals surface area contributed by atoms with Crippen LogP contribution >= 0.6 is 15.9 Å². The third-order valence-electron chi connectivity index (χ3n) is 3.76. The lowest BCUT2D eigenvalue weighted by Crippen LogP contribution is -2.34. The van der Waals surface area contributed by atoms with Crippen LogP contribution < -0.4 is 9.47 Å². The van der Waals surface area contributed by atoms with Gasteiger partial charge in [0.15, 0.2) is 17.3 Å². The van der Waals surface area contributed by atoms with Gasteiger partial charge in [-0.1, -0.05) is 22.0 Å². The maximum Gasteiger partial charge on any atom is 0.227 e. The minimum atomic E-state index is -0.310.